The van der Waals surface area contributed by atoms with Gasteiger partial charge in [-0.1, -0.05) is 68.1 Å². The molecule has 4 nitrogen and oxygen atoms in total. The van der Waals surface area contributed by atoms with Gasteiger partial charge in [0.25, 0.3) is 0 Å². The minimum atomic E-state index is -0.978. The van der Waals surface area contributed by atoms with E-state index in [2.05, 4.69) is 18.8 Å². The van der Waals surface area contributed by atoms with Gasteiger partial charge in [0.2, 0.25) is 16.9 Å². The summed E-state index contributed by atoms with van der Waals surface area (Å²) in [7, 11) is 0. The third kappa shape index (κ3) is 6.36. The van der Waals surface area contributed by atoms with Crippen molar-refractivity contribution in [1.82, 2.24) is 4.98 Å². The molecule has 0 amide bonds. The van der Waals surface area contributed by atoms with Crippen LogP contribution in [0.3, 0.4) is 0 Å². The van der Waals surface area contributed by atoms with Gasteiger partial charge >= 0.3 is 0 Å². The molecule has 1 atom stereocenters. The van der Waals surface area contributed by atoms with Crippen molar-refractivity contribution in [2.45, 2.75) is 39.5 Å². The first-order valence-corrected chi connectivity index (χ1v) is 9.23. The number of hydrogen-bond donors (Lipinski definition) is 1. The first-order valence-electron chi connectivity index (χ1n) is 7.49. The molecule has 0 aliphatic rings. The largest absolute Gasteiger partial charge is 0.467 e. The van der Waals surface area contributed by atoms with Gasteiger partial charge in [0.05, 0.1) is 5.69 Å². The molecule has 2 N–H and O–H groups in total. The zero-order chi connectivity index (χ0) is 17.4. The number of aromatic nitrogens is 1. The zero-order valence-corrected chi connectivity index (χ0v) is 15.5. The van der Waals surface area contributed by atoms with Gasteiger partial charge in [-0.15, -0.1) is 0 Å². The lowest BCUT2D eigenvalue weighted by atomic mass is 10.0. The zero-order valence-electron chi connectivity index (χ0n) is 13.2. The van der Waals surface area contributed by atoms with Crippen LogP contribution in [0.2, 0.25) is 10.0 Å². The van der Waals surface area contributed by atoms with Crippen LogP contribution in [-0.2, 0) is 4.79 Å². The number of pyridine rings is 1. The van der Waals surface area contributed by atoms with Gasteiger partial charge in [-0.25, -0.2) is 0 Å². The Bertz CT molecular complexity index is 547. The van der Waals surface area contributed by atoms with Gasteiger partial charge in [0.15, 0.2) is 6.61 Å². The third-order valence-electron chi connectivity index (χ3n) is 3.39. The summed E-state index contributed by atoms with van der Waals surface area (Å²) in [5, 5.41) is -0.611. The van der Waals surface area contributed by atoms with Crippen molar-refractivity contribution in [3.8, 4) is 5.88 Å². The molecule has 130 valence electrons. The van der Waals surface area contributed by atoms with Crippen molar-refractivity contribution in [2.75, 3.05) is 18.1 Å². The molecule has 1 unspecified atom stereocenters. The van der Waals surface area contributed by atoms with E-state index in [1.807, 2.05) is 0 Å². The first-order chi connectivity index (χ1) is 10.9. The number of anilines is 1. The molecule has 0 spiro atoms. The Kier molecular flexibility index (Phi) is 9.02. The number of halogens is 3. The van der Waals surface area contributed by atoms with E-state index in [-0.39, 0.29) is 33.3 Å². The highest BCUT2D eigenvalue weighted by atomic mass is 35.5. The number of nitrogen functional groups attached to an aromatic ring is 1. The second-order valence-electron chi connectivity index (χ2n) is 5.14. The van der Waals surface area contributed by atoms with Gasteiger partial charge in [-0.2, -0.15) is 9.37 Å². The molecule has 0 aliphatic carbocycles. The van der Waals surface area contributed by atoms with Crippen LogP contribution in [0.25, 0.3) is 0 Å². The Morgan fingerprint density at radius 2 is 2.09 bits per heavy atom. The van der Waals surface area contributed by atoms with Crippen molar-refractivity contribution < 1.29 is 13.9 Å². The second-order valence-corrected chi connectivity index (χ2v) is 6.97. The van der Waals surface area contributed by atoms with Gasteiger partial charge in [0.1, 0.15) is 10.0 Å². The van der Waals surface area contributed by atoms with Crippen molar-refractivity contribution in [3.05, 3.63) is 16.0 Å². The molecule has 0 saturated carbocycles. The summed E-state index contributed by atoms with van der Waals surface area (Å²) in [6.45, 7) is 4.01. The summed E-state index contributed by atoms with van der Waals surface area (Å²) in [4.78, 5) is 15.3. The summed E-state index contributed by atoms with van der Waals surface area (Å²) >= 11 is 12.7. The average molecular weight is 383 g/mol. The summed E-state index contributed by atoms with van der Waals surface area (Å²) in [6.07, 6.45) is 4.45. The standard InChI is InChI=1S/C15H21Cl2FN2O2S/c1-3-5-6-9(4-2)8-23-10(21)7-22-15-12(17)13(19)11(16)14(18)20-15/h9H,3-8H2,1-2H3,(H2,19,20). The van der Waals surface area contributed by atoms with E-state index in [1.54, 1.807) is 0 Å². The monoisotopic (exact) mass is 382 g/mol. The Hall–Kier alpha value is -0.720. The number of carbonyl (C=O) groups excluding carboxylic acids is 1. The number of unbranched alkanes of at least 4 members (excludes halogenated alkanes) is 1. The van der Waals surface area contributed by atoms with E-state index < -0.39 is 5.95 Å². The number of thioether (sulfide) groups is 1. The van der Waals surface area contributed by atoms with Crippen molar-refractivity contribution >= 4 is 45.8 Å². The van der Waals surface area contributed by atoms with Gasteiger partial charge in [-0.05, 0) is 12.3 Å². The van der Waals surface area contributed by atoms with E-state index in [0.29, 0.717) is 5.92 Å². The van der Waals surface area contributed by atoms with Crippen molar-refractivity contribution in [1.29, 1.82) is 0 Å². The first kappa shape index (κ1) is 20.3. The van der Waals surface area contributed by atoms with Gasteiger partial charge in [-0.3, -0.25) is 4.79 Å². The molecule has 0 bridgehead atoms. The molecule has 0 aromatic carbocycles. The summed E-state index contributed by atoms with van der Waals surface area (Å²) in [5.41, 5.74) is 5.39. The van der Waals surface area contributed by atoms with Gasteiger partial charge in [0, 0.05) is 5.75 Å². The molecule has 1 aromatic rings. The number of rotatable bonds is 9. The molecule has 23 heavy (non-hydrogen) atoms. The predicted molar refractivity (Wildman–Crippen MR) is 94.9 cm³/mol. The van der Waals surface area contributed by atoms with Crippen molar-refractivity contribution in [2.24, 2.45) is 5.92 Å². The molecule has 0 saturated heterocycles. The maximum Gasteiger partial charge on any atom is 0.238 e. The molecule has 1 aromatic heterocycles. The van der Waals surface area contributed by atoms with Crippen LogP contribution in [0.15, 0.2) is 0 Å². The lowest BCUT2D eigenvalue weighted by Gasteiger charge is -2.13. The number of hydrogen-bond acceptors (Lipinski definition) is 5. The second kappa shape index (κ2) is 10.2. The predicted octanol–water partition coefficient (Wildman–Crippen LogP) is 4.96. The molecule has 8 heteroatoms. The number of nitrogens with zero attached hydrogens (tertiary/aromatic N) is 1. The van der Waals surface area contributed by atoms with E-state index in [0.717, 1.165) is 31.4 Å². The normalized spacial score (nSPS) is 12.2. The van der Waals surface area contributed by atoms with Gasteiger partial charge < -0.3 is 10.5 Å². The SMILES string of the molecule is CCCCC(CC)CSC(=O)COc1nc(F)c(Cl)c(N)c1Cl. The van der Waals surface area contributed by atoms with E-state index in [4.69, 9.17) is 33.7 Å². The van der Waals surface area contributed by atoms with Crippen LogP contribution in [0.4, 0.5) is 10.1 Å². The highest BCUT2D eigenvalue weighted by Gasteiger charge is 2.18. The molecule has 0 radical (unpaired) electrons. The fourth-order valence-corrected chi connectivity index (χ4v) is 3.23. The Labute approximate surface area is 150 Å². The summed E-state index contributed by atoms with van der Waals surface area (Å²) in [5.74, 6) is 0.0540. The topological polar surface area (TPSA) is 65.2 Å². The minimum Gasteiger partial charge on any atom is -0.467 e. The Morgan fingerprint density at radius 1 is 1.39 bits per heavy atom. The maximum atomic E-state index is 13.4. The van der Waals surface area contributed by atoms with E-state index in [1.165, 1.54) is 11.8 Å². The van der Waals surface area contributed by atoms with Crippen LogP contribution in [0, 0.1) is 11.9 Å². The quantitative estimate of drug-likeness (QED) is 0.611. The van der Waals surface area contributed by atoms with Crippen LogP contribution in [0.1, 0.15) is 39.5 Å². The highest BCUT2D eigenvalue weighted by Crippen LogP contribution is 2.35. The lowest BCUT2D eigenvalue weighted by Crippen LogP contribution is -2.12. The highest BCUT2D eigenvalue weighted by molar-refractivity contribution is 8.13. The third-order valence-corrected chi connectivity index (χ3v) is 5.19. The molecule has 0 aliphatic heterocycles. The fraction of sp³-hybridized carbons (Fsp3) is 0.600. The maximum absolute atomic E-state index is 13.4. The fourth-order valence-electron chi connectivity index (χ4n) is 1.88. The van der Waals surface area contributed by atoms with Crippen molar-refractivity contribution in [3.63, 3.8) is 0 Å². The summed E-state index contributed by atoms with van der Waals surface area (Å²) in [6, 6.07) is 0. The molecule has 1 rings (SSSR count). The Balaban J connectivity index is 2.51. The molecule has 0 fully saturated rings. The van der Waals surface area contributed by atoms with Crippen LogP contribution in [0.5, 0.6) is 5.88 Å². The van der Waals surface area contributed by atoms with Crippen LogP contribution >= 0.6 is 35.0 Å². The minimum absolute atomic E-state index is 0.0939. The average Bonchev–Trinajstić information content (AvgIpc) is 2.55. The summed E-state index contributed by atoms with van der Waals surface area (Å²) < 4.78 is 18.6. The van der Waals surface area contributed by atoms with Crippen LogP contribution in [-0.4, -0.2) is 22.5 Å². The number of carbonyl (C=O) groups is 1. The van der Waals surface area contributed by atoms with E-state index in [9.17, 15) is 9.18 Å². The molecular formula is C15H21Cl2FN2O2S. The lowest BCUT2D eigenvalue weighted by molar-refractivity contribution is -0.112. The smallest absolute Gasteiger partial charge is 0.238 e. The Morgan fingerprint density at radius 3 is 2.70 bits per heavy atom. The number of ether oxygens (including phenoxy) is 1. The van der Waals surface area contributed by atoms with E-state index >= 15 is 0 Å². The molecule has 1 heterocycles. The molecular weight excluding hydrogens is 362 g/mol. The van der Waals surface area contributed by atoms with Crippen LogP contribution < -0.4 is 10.5 Å². The number of nitrogens with two attached hydrogens (primary N) is 1.